The summed E-state index contributed by atoms with van der Waals surface area (Å²) in [6, 6.07) is 5.67. The average Bonchev–Trinajstić information content (AvgIpc) is 2.54. The van der Waals surface area contributed by atoms with Gasteiger partial charge in [-0.15, -0.1) is 0 Å². The van der Waals surface area contributed by atoms with Gasteiger partial charge < -0.3 is 15.2 Å². The molecule has 0 heterocycles. The topological polar surface area (TPSA) is 75.6 Å². The van der Waals surface area contributed by atoms with Crippen molar-refractivity contribution in [2.75, 3.05) is 13.2 Å². The Bertz CT molecular complexity index is 576. The van der Waals surface area contributed by atoms with E-state index in [1.165, 1.54) is 5.56 Å². The number of benzene rings is 1. The van der Waals surface area contributed by atoms with Gasteiger partial charge in [-0.2, -0.15) is 0 Å². The standard InChI is InChI=1S/C18H25NO4/c1-13-6-7-15(10-14(13)2)23-11-16(20)19-12-18(17(21)22)8-4-3-5-9-18/h6-7,10H,3-5,8-9,11-12H2,1-2H3,(H,19,20)(H,21,22). The highest BCUT2D eigenvalue weighted by atomic mass is 16.5. The third kappa shape index (κ3) is 4.47. The number of aliphatic carboxylic acids is 1. The molecule has 1 amide bonds. The predicted molar refractivity (Wildman–Crippen MR) is 87.6 cm³/mol. The minimum atomic E-state index is -0.812. The van der Waals surface area contributed by atoms with Crippen molar-refractivity contribution in [3.05, 3.63) is 29.3 Å². The highest BCUT2D eigenvalue weighted by Gasteiger charge is 2.39. The van der Waals surface area contributed by atoms with Gasteiger partial charge in [0.25, 0.3) is 5.91 Å². The number of rotatable bonds is 6. The summed E-state index contributed by atoms with van der Waals surface area (Å²) >= 11 is 0. The number of carbonyl (C=O) groups excluding carboxylic acids is 1. The van der Waals surface area contributed by atoms with E-state index in [2.05, 4.69) is 5.32 Å². The monoisotopic (exact) mass is 319 g/mol. The van der Waals surface area contributed by atoms with Crippen LogP contribution in [-0.4, -0.2) is 30.1 Å². The Morgan fingerprint density at radius 2 is 1.87 bits per heavy atom. The average molecular weight is 319 g/mol. The third-order valence-electron chi connectivity index (χ3n) is 4.74. The Morgan fingerprint density at radius 1 is 1.17 bits per heavy atom. The molecule has 1 fully saturated rings. The van der Waals surface area contributed by atoms with Gasteiger partial charge in [0.15, 0.2) is 6.61 Å². The van der Waals surface area contributed by atoms with Crippen molar-refractivity contribution >= 4 is 11.9 Å². The van der Waals surface area contributed by atoms with Gasteiger partial charge in [-0.3, -0.25) is 9.59 Å². The second-order valence-electron chi connectivity index (χ2n) is 6.46. The van der Waals surface area contributed by atoms with E-state index in [1.54, 1.807) is 0 Å². The van der Waals surface area contributed by atoms with Crippen molar-refractivity contribution in [2.24, 2.45) is 5.41 Å². The van der Waals surface area contributed by atoms with Crippen molar-refractivity contribution in [2.45, 2.75) is 46.0 Å². The van der Waals surface area contributed by atoms with Gasteiger partial charge >= 0.3 is 5.97 Å². The maximum Gasteiger partial charge on any atom is 0.311 e. The van der Waals surface area contributed by atoms with Crippen LogP contribution < -0.4 is 10.1 Å². The zero-order valence-electron chi connectivity index (χ0n) is 13.9. The largest absolute Gasteiger partial charge is 0.484 e. The van der Waals surface area contributed by atoms with Crippen molar-refractivity contribution in [1.29, 1.82) is 0 Å². The maximum atomic E-state index is 11.9. The zero-order chi connectivity index (χ0) is 16.9. The number of carbonyl (C=O) groups is 2. The molecule has 23 heavy (non-hydrogen) atoms. The van der Waals surface area contributed by atoms with E-state index in [-0.39, 0.29) is 19.1 Å². The number of carboxylic acids is 1. The fourth-order valence-electron chi connectivity index (χ4n) is 2.97. The number of aryl methyl sites for hydroxylation is 2. The van der Waals surface area contributed by atoms with Crippen LogP contribution in [0.4, 0.5) is 0 Å². The molecule has 5 heteroatoms. The molecule has 1 aromatic carbocycles. The quantitative estimate of drug-likeness (QED) is 0.845. The molecular formula is C18H25NO4. The summed E-state index contributed by atoms with van der Waals surface area (Å²) in [5, 5.41) is 12.2. The summed E-state index contributed by atoms with van der Waals surface area (Å²) in [6.45, 7) is 4.08. The molecule has 0 spiro atoms. The van der Waals surface area contributed by atoms with E-state index in [9.17, 15) is 14.7 Å². The molecule has 2 rings (SSSR count). The van der Waals surface area contributed by atoms with Gasteiger partial charge in [-0.05, 0) is 49.9 Å². The molecule has 0 bridgehead atoms. The first-order valence-electron chi connectivity index (χ1n) is 8.13. The number of hydrogen-bond donors (Lipinski definition) is 2. The van der Waals surface area contributed by atoms with Crippen LogP contribution in [0.25, 0.3) is 0 Å². The van der Waals surface area contributed by atoms with Crippen molar-refractivity contribution in [3.63, 3.8) is 0 Å². The highest BCUT2D eigenvalue weighted by molar-refractivity contribution is 5.80. The number of hydrogen-bond acceptors (Lipinski definition) is 3. The lowest BCUT2D eigenvalue weighted by Crippen LogP contribution is -2.45. The second-order valence-corrected chi connectivity index (χ2v) is 6.46. The Morgan fingerprint density at radius 3 is 2.48 bits per heavy atom. The third-order valence-corrected chi connectivity index (χ3v) is 4.74. The summed E-state index contributed by atoms with van der Waals surface area (Å²) < 4.78 is 5.48. The van der Waals surface area contributed by atoms with Crippen LogP contribution in [0.2, 0.25) is 0 Å². The van der Waals surface area contributed by atoms with Crippen LogP contribution in [-0.2, 0) is 9.59 Å². The second kappa shape index (κ2) is 7.49. The smallest absolute Gasteiger partial charge is 0.311 e. The number of carboxylic acid groups (broad SMARTS) is 1. The Balaban J connectivity index is 1.84. The molecule has 126 valence electrons. The first kappa shape index (κ1) is 17.3. The van der Waals surface area contributed by atoms with Gasteiger partial charge in [0.1, 0.15) is 5.75 Å². The van der Waals surface area contributed by atoms with Crippen LogP contribution in [0.5, 0.6) is 5.75 Å². The molecule has 1 aliphatic carbocycles. The van der Waals surface area contributed by atoms with Crippen molar-refractivity contribution < 1.29 is 19.4 Å². The Kier molecular flexibility index (Phi) is 5.64. The van der Waals surface area contributed by atoms with E-state index < -0.39 is 11.4 Å². The normalized spacial score (nSPS) is 16.6. The molecule has 5 nitrogen and oxygen atoms in total. The number of nitrogens with one attached hydrogen (secondary N) is 1. The van der Waals surface area contributed by atoms with Crippen LogP contribution in [0.15, 0.2) is 18.2 Å². The minimum Gasteiger partial charge on any atom is -0.484 e. The summed E-state index contributed by atoms with van der Waals surface area (Å²) in [5.74, 6) is -0.448. The molecule has 0 aliphatic heterocycles. The van der Waals surface area contributed by atoms with Crippen LogP contribution in [0, 0.1) is 19.3 Å². The van der Waals surface area contributed by atoms with E-state index in [4.69, 9.17) is 4.74 Å². The summed E-state index contributed by atoms with van der Waals surface area (Å²) in [7, 11) is 0. The lowest BCUT2D eigenvalue weighted by atomic mass is 9.74. The van der Waals surface area contributed by atoms with Crippen LogP contribution >= 0.6 is 0 Å². The van der Waals surface area contributed by atoms with E-state index in [0.717, 1.165) is 24.8 Å². The molecule has 0 aromatic heterocycles. The first-order valence-corrected chi connectivity index (χ1v) is 8.13. The van der Waals surface area contributed by atoms with Gasteiger partial charge in [0, 0.05) is 6.54 Å². The summed E-state index contributed by atoms with van der Waals surface area (Å²) in [6.07, 6.45) is 4.13. The van der Waals surface area contributed by atoms with Crippen LogP contribution in [0.3, 0.4) is 0 Å². The van der Waals surface area contributed by atoms with Gasteiger partial charge in [-0.1, -0.05) is 25.3 Å². The molecule has 1 saturated carbocycles. The summed E-state index contributed by atoms with van der Waals surface area (Å²) in [4.78, 5) is 23.5. The maximum absolute atomic E-state index is 11.9. The molecule has 1 aromatic rings. The molecule has 0 atom stereocenters. The summed E-state index contributed by atoms with van der Waals surface area (Å²) in [5.41, 5.74) is 1.46. The van der Waals surface area contributed by atoms with E-state index in [1.807, 2.05) is 32.0 Å². The fraction of sp³-hybridized carbons (Fsp3) is 0.556. The van der Waals surface area contributed by atoms with Crippen LogP contribution in [0.1, 0.15) is 43.2 Å². The van der Waals surface area contributed by atoms with E-state index in [0.29, 0.717) is 18.6 Å². The molecule has 0 saturated heterocycles. The van der Waals surface area contributed by atoms with E-state index >= 15 is 0 Å². The molecule has 0 unspecified atom stereocenters. The fourth-order valence-corrected chi connectivity index (χ4v) is 2.97. The van der Waals surface area contributed by atoms with Gasteiger partial charge in [0.2, 0.25) is 0 Å². The lowest BCUT2D eigenvalue weighted by Gasteiger charge is -2.33. The lowest BCUT2D eigenvalue weighted by molar-refractivity contribution is -0.151. The minimum absolute atomic E-state index is 0.0990. The first-order chi connectivity index (χ1) is 10.9. The van der Waals surface area contributed by atoms with Gasteiger partial charge in [-0.25, -0.2) is 0 Å². The zero-order valence-corrected chi connectivity index (χ0v) is 13.9. The highest BCUT2D eigenvalue weighted by Crippen LogP contribution is 2.35. The molecule has 2 N–H and O–H groups in total. The van der Waals surface area contributed by atoms with Crippen molar-refractivity contribution in [3.8, 4) is 5.75 Å². The Labute approximate surface area is 137 Å². The van der Waals surface area contributed by atoms with Crippen molar-refractivity contribution in [1.82, 2.24) is 5.32 Å². The van der Waals surface area contributed by atoms with Gasteiger partial charge in [0.05, 0.1) is 5.41 Å². The molecular weight excluding hydrogens is 294 g/mol. The molecule has 1 aliphatic rings. The predicted octanol–water partition coefficient (Wildman–Crippen LogP) is 2.83. The molecule has 0 radical (unpaired) electrons. The SMILES string of the molecule is Cc1ccc(OCC(=O)NCC2(C(=O)O)CCCCC2)cc1C. The number of amides is 1. The Hall–Kier alpha value is -2.04. The number of ether oxygens (including phenoxy) is 1.